The monoisotopic (exact) mass is 574 g/mol. The molecule has 0 saturated carbocycles. The molecule has 1 N–H and O–H groups in total. The average Bonchev–Trinajstić information content (AvgIpc) is 3.54. The molecule has 0 bridgehead atoms. The summed E-state index contributed by atoms with van der Waals surface area (Å²) < 4.78 is 13.7. The SMILES string of the molecule is O=C(C=Cc1ccccc1)C1=C(O)C(=O)N(c2nnc(SCc3ccc(F)cc3)s2)C1c1ccc([N+](=O)[O-])cc1. The Kier molecular flexibility index (Phi) is 7.80. The van der Waals surface area contributed by atoms with Gasteiger partial charge in [0.1, 0.15) is 5.82 Å². The van der Waals surface area contributed by atoms with Crippen LogP contribution in [0, 0.1) is 15.9 Å². The maximum Gasteiger partial charge on any atom is 0.296 e. The molecule has 1 atom stereocenters. The summed E-state index contributed by atoms with van der Waals surface area (Å²) in [5.41, 5.74) is 1.63. The van der Waals surface area contributed by atoms with Crippen molar-refractivity contribution in [2.24, 2.45) is 0 Å². The van der Waals surface area contributed by atoms with Gasteiger partial charge in [0.2, 0.25) is 5.13 Å². The summed E-state index contributed by atoms with van der Waals surface area (Å²) in [6.07, 6.45) is 2.83. The number of aromatic nitrogens is 2. The fourth-order valence-electron chi connectivity index (χ4n) is 4.06. The van der Waals surface area contributed by atoms with Gasteiger partial charge in [0.25, 0.3) is 11.6 Å². The number of carbonyl (C=O) groups excluding carboxylic acids is 2. The van der Waals surface area contributed by atoms with Crippen molar-refractivity contribution in [3.8, 4) is 0 Å². The number of allylic oxidation sites excluding steroid dienone is 1. The van der Waals surface area contributed by atoms with Gasteiger partial charge >= 0.3 is 0 Å². The first-order valence-electron chi connectivity index (χ1n) is 11.8. The number of carbonyl (C=O) groups is 2. The van der Waals surface area contributed by atoms with Crippen LogP contribution in [0.15, 0.2) is 101 Å². The van der Waals surface area contributed by atoms with E-state index in [9.17, 15) is 29.2 Å². The second-order valence-corrected chi connectivity index (χ2v) is 10.7. The minimum Gasteiger partial charge on any atom is -0.503 e. The zero-order valence-corrected chi connectivity index (χ0v) is 22.1. The third-order valence-electron chi connectivity index (χ3n) is 6.00. The Bertz CT molecular complexity index is 1640. The molecular formula is C28H19FN4O5S2. The van der Waals surface area contributed by atoms with Crippen LogP contribution in [0.3, 0.4) is 0 Å². The largest absolute Gasteiger partial charge is 0.503 e. The summed E-state index contributed by atoms with van der Waals surface area (Å²) in [4.78, 5) is 38.4. The number of aliphatic hydroxyl groups excluding tert-OH is 1. The Morgan fingerprint density at radius 1 is 1.07 bits per heavy atom. The van der Waals surface area contributed by atoms with Crippen LogP contribution in [-0.2, 0) is 15.3 Å². The highest BCUT2D eigenvalue weighted by Crippen LogP contribution is 2.43. The van der Waals surface area contributed by atoms with Crippen LogP contribution in [0.1, 0.15) is 22.7 Å². The van der Waals surface area contributed by atoms with Crippen LogP contribution in [0.5, 0.6) is 0 Å². The van der Waals surface area contributed by atoms with E-state index in [1.165, 1.54) is 59.1 Å². The molecule has 0 radical (unpaired) electrons. The molecule has 1 amide bonds. The number of rotatable bonds is 9. The number of hydrogen-bond acceptors (Lipinski definition) is 9. The smallest absolute Gasteiger partial charge is 0.296 e. The van der Waals surface area contributed by atoms with Crippen molar-refractivity contribution in [3.63, 3.8) is 0 Å². The summed E-state index contributed by atoms with van der Waals surface area (Å²) in [5, 5.41) is 30.5. The Balaban J connectivity index is 1.47. The van der Waals surface area contributed by atoms with Crippen molar-refractivity contribution in [2.75, 3.05) is 4.90 Å². The number of benzene rings is 3. The van der Waals surface area contributed by atoms with Gasteiger partial charge in [-0.15, -0.1) is 10.2 Å². The van der Waals surface area contributed by atoms with E-state index in [4.69, 9.17) is 0 Å². The number of ketones is 1. The molecule has 2 heterocycles. The molecule has 200 valence electrons. The van der Waals surface area contributed by atoms with Crippen molar-refractivity contribution in [2.45, 2.75) is 16.1 Å². The van der Waals surface area contributed by atoms with Crippen LogP contribution >= 0.6 is 23.1 Å². The van der Waals surface area contributed by atoms with Crippen LogP contribution in [0.25, 0.3) is 6.08 Å². The molecule has 3 aromatic carbocycles. The number of hydrogen-bond donors (Lipinski definition) is 1. The van der Waals surface area contributed by atoms with Gasteiger partial charge < -0.3 is 5.11 Å². The molecule has 0 aliphatic carbocycles. The Morgan fingerprint density at radius 3 is 2.45 bits per heavy atom. The molecule has 1 aromatic heterocycles. The molecule has 1 aliphatic rings. The van der Waals surface area contributed by atoms with Gasteiger partial charge in [0, 0.05) is 17.9 Å². The van der Waals surface area contributed by atoms with Crippen molar-refractivity contribution >= 4 is 51.7 Å². The molecule has 4 aromatic rings. The Labute approximate surface area is 235 Å². The number of anilines is 1. The van der Waals surface area contributed by atoms with Crippen LogP contribution in [-0.4, -0.2) is 31.9 Å². The standard InChI is InChI=1S/C28H19FN4O5S2/c29-20-11-6-18(7-12-20)16-39-28-31-30-27(40-28)32-24(19-9-13-21(14-10-19)33(37)38)23(25(35)26(32)36)22(34)15-8-17-4-2-1-3-5-17/h1-15,24,35H,16H2. The summed E-state index contributed by atoms with van der Waals surface area (Å²) in [7, 11) is 0. The molecule has 0 fully saturated rings. The summed E-state index contributed by atoms with van der Waals surface area (Å²) >= 11 is 2.42. The van der Waals surface area contributed by atoms with E-state index in [2.05, 4.69) is 10.2 Å². The number of amides is 1. The van der Waals surface area contributed by atoms with E-state index < -0.39 is 28.4 Å². The average molecular weight is 575 g/mol. The third kappa shape index (κ3) is 5.67. The minimum absolute atomic E-state index is 0.136. The molecule has 0 saturated heterocycles. The number of nitro benzene ring substituents is 1. The van der Waals surface area contributed by atoms with E-state index in [1.54, 1.807) is 30.3 Å². The number of aliphatic hydroxyl groups is 1. The molecule has 5 rings (SSSR count). The van der Waals surface area contributed by atoms with Gasteiger partial charge in [-0.1, -0.05) is 71.6 Å². The van der Waals surface area contributed by atoms with E-state index in [1.807, 2.05) is 18.2 Å². The maximum atomic E-state index is 13.3. The second kappa shape index (κ2) is 11.6. The van der Waals surface area contributed by atoms with Gasteiger partial charge in [-0.2, -0.15) is 0 Å². The fourth-order valence-corrected chi connectivity index (χ4v) is 5.88. The molecule has 40 heavy (non-hydrogen) atoms. The summed E-state index contributed by atoms with van der Waals surface area (Å²) in [6.45, 7) is 0. The van der Waals surface area contributed by atoms with Gasteiger partial charge in [-0.3, -0.25) is 24.6 Å². The maximum absolute atomic E-state index is 13.3. The predicted octanol–water partition coefficient (Wildman–Crippen LogP) is 6.06. The second-order valence-electron chi connectivity index (χ2n) is 8.56. The lowest BCUT2D eigenvalue weighted by molar-refractivity contribution is -0.384. The van der Waals surface area contributed by atoms with Gasteiger partial charge in [0.15, 0.2) is 15.9 Å². The lowest BCUT2D eigenvalue weighted by Gasteiger charge is -2.23. The molecule has 1 aliphatic heterocycles. The van der Waals surface area contributed by atoms with Crippen LogP contribution in [0.2, 0.25) is 0 Å². The molecular weight excluding hydrogens is 555 g/mol. The molecule has 1 unspecified atom stereocenters. The highest BCUT2D eigenvalue weighted by atomic mass is 32.2. The highest BCUT2D eigenvalue weighted by Gasteiger charge is 2.45. The van der Waals surface area contributed by atoms with Crippen LogP contribution < -0.4 is 4.90 Å². The zero-order valence-electron chi connectivity index (χ0n) is 20.5. The first kappa shape index (κ1) is 26.9. The fraction of sp³-hybridized carbons (Fsp3) is 0.0714. The minimum atomic E-state index is -1.09. The summed E-state index contributed by atoms with van der Waals surface area (Å²) in [5.74, 6) is -2.04. The molecule has 0 spiro atoms. The quantitative estimate of drug-likeness (QED) is 0.0840. The first-order valence-corrected chi connectivity index (χ1v) is 13.6. The normalized spacial score (nSPS) is 15.3. The van der Waals surface area contributed by atoms with Crippen molar-refractivity contribution in [1.29, 1.82) is 0 Å². The van der Waals surface area contributed by atoms with Gasteiger partial charge in [0.05, 0.1) is 16.5 Å². The van der Waals surface area contributed by atoms with E-state index in [0.717, 1.165) is 22.5 Å². The topological polar surface area (TPSA) is 127 Å². The lowest BCUT2D eigenvalue weighted by Crippen LogP contribution is -2.30. The van der Waals surface area contributed by atoms with Crippen molar-refractivity contribution < 1.29 is 24.0 Å². The molecule has 12 heteroatoms. The number of halogens is 1. The number of nitro groups is 1. The number of thioether (sulfide) groups is 1. The summed E-state index contributed by atoms with van der Waals surface area (Å²) in [6, 6.07) is 19.4. The van der Waals surface area contributed by atoms with Gasteiger partial charge in [-0.25, -0.2) is 4.39 Å². The molecule has 9 nitrogen and oxygen atoms in total. The van der Waals surface area contributed by atoms with Crippen molar-refractivity contribution in [3.05, 3.63) is 129 Å². The van der Waals surface area contributed by atoms with E-state index in [0.29, 0.717) is 15.7 Å². The Morgan fingerprint density at radius 2 is 1.77 bits per heavy atom. The Hall–Kier alpha value is -4.68. The third-order valence-corrected chi connectivity index (χ3v) is 8.12. The first-order chi connectivity index (χ1) is 19.3. The highest BCUT2D eigenvalue weighted by molar-refractivity contribution is 8.00. The number of non-ortho nitro benzene ring substituents is 1. The predicted molar refractivity (Wildman–Crippen MR) is 149 cm³/mol. The van der Waals surface area contributed by atoms with Crippen LogP contribution in [0.4, 0.5) is 15.2 Å². The lowest BCUT2D eigenvalue weighted by atomic mass is 9.95. The zero-order chi connectivity index (χ0) is 28.2. The van der Waals surface area contributed by atoms with Crippen molar-refractivity contribution in [1.82, 2.24) is 10.2 Å². The van der Waals surface area contributed by atoms with E-state index in [-0.39, 0.29) is 22.2 Å². The van der Waals surface area contributed by atoms with Gasteiger partial charge in [-0.05, 0) is 47.0 Å². The van der Waals surface area contributed by atoms with E-state index >= 15 is 0 Å². The number of nitrogens with zero attached hydrogens (tertiary/aromatic N) is 4.